The van der Waals surface area contributed by atoms with Crippen molar-refractivity contribution in [3.05, 3.63) is 30.4 Å². The van der Waals surface area contributed by atoms with Crippen LogP contribution >= 0.6 is 7.82 Å². The number of aromatic nitrogens is 4. The van der Waals surface area contributed by atoms with E-state index in [1.165, 1.54) is 36.5 Å². The van der Waals surface area contributed by atoms with Crippen LogP contribution in [0.3, 0.4) is 0 Å². The largest absolute Gasteiger partial charge is 0.504 e. The van der Waals surface area contributed by atoms with Crippen molar-refractivity contribution in [2.24, 2.45) is 0 Å². The fourth-order valence-electron chi connectivity index (χ4n) is 3.54. The zero-order valence-electron chi connectivity index (χ0n) is 17.6. The second kappa shape index (κ2) is 9.31. The second-order valence-corrected chi connectivity index (χ2v) is 8.62. The zero-order valence-corrected chi connectivity index (χ0v) is 18.5. The maximum absolute atomic E-state index is 10.9. The topological polar surface area (TPSA) is 222 Å². The Morgan fingerprint density at radius 3 is 2.59 bits per heavy atom. The van der Waals surface area contributed by atoms with Gasteiger partial charge in [0, 0.05) is 18.2 Å². The Balaban J connectivity index is 1.56. The number of fused-ring (bicyclic) bond motifs is 1. The van der Waals surface area contributed by atoms with Crippen LogP contribution in [0.1, 0.15) is 11.8 Å². The smallest absolute Gasteiger partial charge is 0.469 e. The number of aliphatic hydroxyl groups excluding tert-OH is 2. The Morgan fingerprint density at radius 2 is 1.88 bits per heavy atom. The normalized spacial score (nSPS) is 22.9. The first-order valence-electron chi connectivity index (χ1n) is 9.81. The van der Waals surface area contributed by atoms with Gasteiger partial charge < -0.3 is 45.0 Å². The molecule has 4 atom stereocenters. The van der Waals surface area contributed by atoms with E-state index in [1.807, 2.05) is 0 Å². The number of imidazole rings is 1. The lowest BCUT2D eigenvalue weighted by molar-refractivity contribution is -0.0504. The molecule has 184 valence electrons. The molecule has 0 bridgehead atoms. The number of aromatic hydroxyl groups is 2. The number of anilines is 1. The van der Waals surface area contributed by atoms with Crippen molar-refractivity contribution in [2.75, 3.05) is 19.0 Å². The third-order valence-corrected chi connectivity index (χ3v) is 5.69. The molecule has 1 aromatic carbocycles. The van der Waals surface area contributed by atoms with E-state index in [4.69, 9.17) is 19.3 Å². The molecule has 0 unspecified atom stereocenters. The number of phenols is 2. The maximum atomic E-state index is 10.9. The van der Waals surface area contributed by atoms with Gasteiger partial charge in [0.25, 0.3) is 0 Å². The monoisotopic (exact) mass is 499 g/mol. The summed E-state index contributed by atoms with van der Waals surface area (Å²) < 4.78 is 27.4. The number of hydrogen-bond donors (Lipinski definition) is 7. The van der Waals surface area contributed by atoms with E-state index < -0.39 is 39.0 Å². The summed E-state index contributed by atoms with van der Waals surface area (Å²) in [6, 6.07) is 2.61. The van der Waals surface area contributed by atoms with Crippen molar-refractivity contribution in [2.45, 2.75) is 31.1 Å². The molecule has 3 heterocycles. The third-order valence-electron chi connectivity index (χ3n) is 5.20. The van der Waals surface area contributed by atoms with Crippen molar-refractivity contribution in [3.63, 3.8) is 0 Å². The molecule has 7 N–H and O–H groups in total. The van der Waals surface area contributed by atoms with E-state index in [0.717, 1.165) is 0 Å². The van der Waals surface area contributed by atoms with Crippen molar-refractivity contribution >= 4 is 24.8 Å². The van der Waals surface area contributed by atoms with Crippen LogP contribution in [0.5, 0.6) is 17.2 Å². The van der Waals surface area contributed by atoms with E-state index in [2.05, 4.69) is 24.8 Å². The van der Waals surface area contributed by atoms with Gasteiger partial charge in [-0.1, -0.05) is 0 Å². The number of methoxy groups -OCH3 is 1. The number of hydrogen-bond acceptors (Lipinski definition) is 12. The highest BCUT2D eigenvalue weighted by Crippen LogP contribution is 2.39. The van der Waals surface area contributed by atoms with Gasteiger partial charge in [-0.25, -0.2) is 19.5 Å². The van der Waals surface area contributed by atoms with Crippen LogP contribution in [0.15, 0.2) is 24.8 Å². The third kappa shape index (κ3) is 4.76. The van der Waals surface area contributed by atoms with Crippen LogP contribution in [0.25, 0.3) is 11.2 Å². The van der Waals surface area contributed by atoms with Crippen LogP contribution in [0.2, 0.25) is 0 Å². The number of aliphatic hydroxyl groups is 2. The quantitative estimate of drug-likeness (QED) is 0.155. The number of rotatable bonds is 8. The number of phenolic OH excluding ortho intramolecular Hbond substituents is 2. The highest BCUT2D eigenvalue weighted by atomic mass is 31.2. The molecule has 0 spiro atoms. The average molecular weight is 499 g/mol. The molecule has 3 aromatic rings. The Morgan fingerprint density at radius 1 is 1.15 bits per heavy atom. The molecule has 0 saturated carbocycles. The van der Waals surface area contributed by atoms with Gasteiger partial charge in [0.2, 0.25) is 0 Å². The molecule has 16 heteroatoms. The summed E-state index contributed by atoms with van der Waals surface area (Å²) in [5, 5.41) is 43.1. The van der Waals surface area contributed by atoms with Crippen molar-refractivity contribution < 1.29 is 48.8 Å². The SMILES string of the molecule is COc1cc(O)c(O)cc1CNc1ncnc2c1ncn2[C@@H]1O[C@H](COP(=O)(O)O)[C@@H](O)[C@H]1O. The number of phosphoric ester groups is 1. The van der Waals surface area contributed by atoms with Gasteiger partial charge >= 0.3 is 7.82 Å². The van der Waals surface area contributed by atoms with E-state index >= 15 is 0 Å². The van der Waals surface area contributed by atoms with Crippen LogP contribution < -0.4 is 10.1 Å². The molecule has 4 rings (SSSR count). The molecule has 34 heavy (non-hydrogen) atoms. The first kappa shape index (κ1) is 24.1. The maximum Gasteiger partial charge on any atom is 0.469 e. The Bertz CT molecular complexity index is 1230. The lowest BCUT2D eigenvalue weighted by Gasteiger charge is -2.16. The first-order valence-corrected chi connectivity index (χ1v) is 11.3. The molecular weight excluding hydrogens is 477 g/mol. The molecular formula is C18H22N5O10P. The second-order valence-electron chi connectivity index (χ2n) is 7.39. The predicted molar refractivity (Wildman–Crippen MR) is 113 cm³/mol. The highest BCUT2D eigenvalue weighted by molar-refractivity contribution is 7.46. The number of ether oxygens (including phenoxy) is 2. The Hall–Kier alpha value is -3.04. The molecule has 1 fully saturated rings. The fraction of sp³-hybridized carbons (Fsp3) is 0.389. The summed E-state index contributed by atoms with van der Waals surface area (Å²) in [4.78, 5) is 30.3. The predicted octanol–water partition coefficient (Wildman–Crippen LogP) is -0.413. The summed E-state index contributed by atoms with van der Waals surface area (Å²) in [5.41, 5.74) is 1.06. The van der Waals surface area contributed by atoms with Gasteiger partial charge in [0.05, 0.1) is 20.0 Å². The summed E-state index contributed by atoms with van der Waals surface area (Å²) in [5.74, 6) is -0.0186. The van der Waals surface area contributed by atoms with Crippen LogP contribution in [-0.4, -0.2) is 81.8 Å². The summed E-state index contributed by atoms with van der Waals surface area (Å²) >= 11 is 0. The Kier molecular flexibility index (Phi) is 6.60. The van der Waals surface area contributed by atoms with Crippen molar-refractivity contribution in [1.82, 2.24) is 19.5 Å². The molecule has 2 aromatic heterocycles. The van der Waals surface area contributed by atoms with Crippen LogP contribution in [0, 0.1) is 0 Å². The zero-order chi connectivity index (χ0) is 24.6. The Labute approximate surface area is 191 Å². The summed E-state index contributed by atoms with van der Waals surface area (Å²) in [7, 11) is -3.38. The van der Waals surface area contributed by atoms with E-state index in [1.54, 1.807) is 0 Å². The van der Waals surface area contributed by atoms with E-state index in [9.17, 15) is 25.0 Å². The first-order chi connectivity index (χ1) is 16.1. The lowest BCUT2D eigenvalue weighted by atomic mass is 10.1. The molecule has 0 radical (unpaired) electrons. The van der Waals surface area contributed by atoms with Gasteiger partial charge in [0.1, 0.15) is 30.4 Å². The van der Waals surface area contributed by atoms with Gasteiger partial charge in [-0.2, -0.15) is 0 Å². The van der Waals surface area contributed by atoms with Gasteiger partial charge in [-0.3, -0.25) is 9.09 Å². The molecule has 1 aliphatic rings. The minimum absolute atomic E-state index is 0.138. The minimum atomic E-state index is -4.79. The van der Waals surface area contributed by atoms with Crippen molar-refractivity contribution in [1.29, 1.82) is 0 Å². The average Bonchev–Trinajstić information content (AvgIpc) is 3.34. The lowest BCUT2D eigenvalue weighted by Crippen LogP contribution is -2.33. The number of phosphoric acid groups is 1. The summed E-state index contributed by atoms with van der Waals surface area (Å²) in [6.07, 6.45) is -2.77. The molecule has 15 nitrogen and oxygen atoms in total. The van der Waals surface area contributed by atoms with Gasteiger partial charge in [-0.05, 0) is 6.07 Å². The van der Waals surface area contributed by atoms with Crippen LogP contribution in [-0.2, 0) is 20.4 Å². The molecule has 0 amide bonds. The van der Waals surface area contributed by atoms with Gasteiger partial charge in [0.15, 0.2) is 34.7 Å². The van der Waals surface area contributed by atoms with Crippen molar-refractivity contribution in [3.8, 4) is 17.2 Å². The van der Waals surface area contributed by atoms with Crippen LogP contribution in [0.4, 0.5) is 5.82 Å². The summed E-state index contributed by atoms with van der Waals surface area (Å²) in [6.45, 7) is -0.506. The standard InChI is InChI=1S/C18H22N5O10P/c1-31-11-3-10(25)9(24)2-8(11)4-19-16-13-17(21-6-20-16)23(7-22-13)18-15(27)14(26)12(33-18)5-32-34(28,29)30/h2-3,6-7,12,14-15,18,24-27H,4-5H2,1H3,(H,19,20,21)(H2,28,29,30)/t12-,14-,15-,18-/m1/s1. The molecule has 1 saturated heterocycles. The van der Waals surface area contributed by atoms with E-state index in [-0.39, 0.29) is 23.7 Å². The fourth-order valence-corrected chi connectivity index (χ4v) is 3.88. The molecule has 1 aliphatic heterocycles. The van der Waals surface area contributed by atoms with Gasteiger partial charge in [-0.15, -0.1) is 0 Å². The number of nitrogens with zero attached hydrogens (tertiary/aromatic N) is 4. The number of benzene rings is 1. The minimum Gasteiger partial charge on any atom is -0.504 e. The molecule has 0 aliphatic carbocycles. The van der Waals surface area contributed by atoms with E-state index in [0.29, 0.717) is 22.6 Å². The highest BCUT2D eigenvalue weighted by Gasteiger charge is 2.45. The number of nitrogens with one attached hydrogen (secondary N) is 1.